The highest BCUT2D eigenvalue weighted by atomic mass is 16.3. The first-order chi connectivity index (χ1) is 9.10. The van der Waals surface area contributed by atoms with E-state index in [0.717, 1.165) is 31.7 Å². The lowest BCUT2D eigenvalue weighted by Gasteiger charge is -2.31. The highest BCUT2D eigenvalue weighted by molar-refractivity contribution is 5.06. The van der Waals surface area contributed by atoms with Crippen LogP contribution < -0.4 is 0 Å². The maximum Gasteiger partial charge on any atom is 0.0749 e. The van der Waals surface area contributed by atoms with Crippen LogP contribution in [0.4, 0.5) is 0 Å². The monoisotopic (exact) mass is 266 g/mol. The van der Waals surface area contributed by atoms with Gasteiger partial charge in [0, 0.05) is 31.7 Å². The lowest BCUT2D eigenvalue weighted by atomic mass is 10.0. The normalized spacial score (nSPS) is 24.3. The van der Waals surface area contributed by atoms with Gasteiger partial charge in [-0.3, -0.25) is 9.58 Å². The van der Waals surface area contributed by atoms with Crippen molar-refractivity contribution in [2.75, 3.05) is 33.7 Å². The molecule has 1 aromatic heterocycles. The number of aromatic nitrogens is 2. The zero-order valence-electron chi connectivity index (χ0n) is 12.3. The van der Waals surface area contributed by atoms with E-state index in [-0.39, 0.29) is 12.1 Å². The lowest BCUT2D eigenvalue weighted by Crippen LogP contribution is -2.46. The van der Waals surface area contributed by atoms with E-state index < -0.39 is 0 Å². The van der Waals surface area contributed by atoms with E-state index in [0.29, 0.717) is 6.42 Å². The quantitative estimate of drug-likeness (QED) is 0.859. The number of aliphatic hydroxyl groups is 1. The SMILES string of the molecule is CCn1cc(CC(O)C2CN(C)CCCN2C)cn1. The van der Waals surface area contributed by atoms with E-state index in [1.165, 1.54) is 6.42 Å². The van der Waals surface area contributed by atoms with Crippen molar-refractivity contribution in [2.24, 2.45) is 0 Å². The topological polar surface area (TPSA) is 44.5 Å². The number of aliphatic hydroxyl groups excluding tert-OH is 1. The van der Waals surface area contributed by atoms with Crippen molar-refractivity contribution in [3.05, 3.63) is 18.0 Å². The molecule has 2 heterocycles. The second-order valence-electron chi connectivity index (χ2n) is 5.64. The fraction of sp³-hybridized carbons (Fsp3) is 0.786. The Kier molecular flexibility index (Phi) is 4.96. The van der Waals surface area contributed by atoms with Crippen molar-refractivity contribution in [1.29, 1.82) is 0 Å². The molecule has 0 aromatic carbocycles. The van der Waals surface area contributed by atoms with Gasteiger partial charge in [0.1, 0.15) is 0 Å². The molecular formula is C14H26N4O. The third-order valence-electron chi connectivity index (χ3n) is 4.02. The van der Waals surface area contributed by atoms with Gasteiger partial charge in [-0.05, 0) is 46.1 Å². The van der Waals surface area contributed by atoms with Crippen LogP contribution in [-0.2, 0) is 13.0 Å². The van der Waals surface area contributed by atoms with Crippen LogP contribution in [0.5, 0.6) is 0 Å². The number of hydrogen-bond acceptors (Lipinski definition) is 4. The Bertz CT molecular complexity index is 393. The van der Waals surface area contributed by atoms with Gasteiger partial charge in [0.15, 0.2) is 0 Å². The average Bonchev–Trinajstić information content (AvgIpc) is 2.75. The van der Waals surface area contributed by atoms with Gasteiger partial charge in [-0.2, -0.15) is 5.10 Å². The molecule has 19 heavy (non-hydrogen) atoms. The number of nitrogens with zero attached hydrogens (tertiary/aromatic N) is 4. The first-order valence-electron chi connectivity index (χ1n) is 7.18. The summed E-state index contributed by atoms with van der Waals surface area (Å²) in [7, 11) is 4.25. The highest BCUT2D eigenvalue weighted by Crippen LogP contribution is 2.14. The number of rotatable bonds is 4. The highest BCUT2D eigenvalue weighted by Gasteiger charge is 2.27. The predicted molar refractivity (Wildman–Crippen MR) is 76.1 cm³/mol. The minimum absolute atomic E-state index is 0.206. The molecular weight excluding hydrogens is 240 g/mol. The third-order valence-corrected chi connectivity index (χ3v) is 4.02. The van der Waals surface area contributed by atoms with Crippen molar-refractivity contribution >= 4 is 0 Å². The Balaban J connectivity index is 1.98. The van der Waals surface area contributed by atoms with E-state index >= 15 is 0 Å². The van der Waals surface area contributed by atoms with E-state index in [4.69, 9.17) is 0 Å². The van der Waals surface area contributed by atoms with Crippen LogP contribution in [0.25, 0.3) is 0 Å². The zero-order valence-corrected chi connectivity index (χ0v) is 12.3. The Labute approximate surface area is 115 Å². The van der Waals surface area contributed by atoms with Crippen molar-refractivity contribution in [2.45, 2.75) is 38.5 Å². The molecule has 0 saturated carbocycles. The Morgan fingerprint density at radius 2 is 2.21 bits per heavy atom. The van der Waals surface area contributed by atoms with Gasteiger partial charge >= 0.3 is 0 Å². The first-order valence-corrected chi connectivity index (χ1v) is 7.18. The molecule has 1 aliphatic rings. The summed E-state index contributed by atoms with van der Waals surface area (Å²) in [6.07, 6.45) is 5.42. The molecule has 1 N–H and O–H groups in total. The summed E-state index contributed by atoms with van der Waals surface area (Å²) in [4.78, 5) is 4.60. The molecule has 2 atom stereocenters. The molecule has 1 saturated heterocycles. The summed E-state index contributed by atoms with van der Waals surface area (Å²) >= 11 is 0. The van der Waals surface area contributed by atoms with Gasteiger partial charge in [0.05, 0.1) is 12.3 Å². The molecule has 0 radical (unpaired) electrons. The zero-order chi connectivity index (χ0) is 13.8. The van der Waals surface area contributed by atoms with Crippen molar-refractivity contribution < 1.29 is 5.11 Å². The van der Waals surface area contributed by atoms with Crippen molar-refractivity contribution in [3.63, 3.8) is 0 Å². The van der Waals surface area contributed by atoms with Crippen LogP contribution in [0.15, 0.2) is 12.4 Å². The molecule has 108 valence electrons. The van der Waals surface area contributed by atoms with Gasteiger partial charge in [0.25, 0.3) is 0 Å². The molecule has 0 aliphatic carbocycles. The minimum Gasteiger partial charge on any atom is -0.391 e. The minimum atomic E-state index is -0.333. The standard InChI is InChI=1S/C14H26N4O/c1-4-18-10-12(9-15-18)8-14(19)13-11-16(2)6-5-7-17(13)3/h9-10,13-14,19H,4-8,11H2,1-3H3. The maximum atomic E-state index is 10.5. The second kappa shape index (κ2) is 6.50. The van der Waals surface area contributed by atoms with Crippen LogP contribution in [0.1, 0.15) is 18.9 Å². The van der Waals surface area contributed by atoms with Crippen LogP contribution in [0, 0.1) is 0 Å². The number of likely N-dealkylation sites (N-methyl/N-ethyl adjacent to an activating group) is 2. The van der Waals surface area contributed by atoms with Crippen LogP contribution in [0.3, 0.4) is 0 Å². The van der Waals surface area contributed by atoms with Gasteiger partial charge in [-0.1, -0.05) is 0 Å². The van der Waals surface area contributed by atoms with Crippen LogP contribution in [0.2, 0.25) is 0 Å². The lowest BCUT2D eigenvalue weighted by molar-refractivity contribution is 0.0581. The molecule has 0 amide bonds. The van der Waals surface area contributed by atoms with E-state index in [9.17, 15) is 5.11 Å². The third kappa shape index (κ3) is 3.78. The van der Waals surface area contributed by atoms with Gasteiger partial charge < -0.3 is 10.0 Å². The summed E-state index contributed by atoms with van der Waals surface area (Å²) in [6, 6.07) is 0.206. The number of hydrogen-bond donors (Lipinski definition) is 1. The average molecular weight is 266 g/mol. The number of aryl methyl sites for hydroxylation is 1. The summed E-state index contributed by atoms with van der Waals surface area (Å²) in [6.45, 7) is 6.05. The molecule has 0 bridgehead atoms. The fourth-order valence-corrected chi connectivity index (χ4v) is 2.78. The van der Waals surface area contributed by atoms with E-state index in [2.05, 4.69) is 35.9 Å². The molecule has 1 fully saturated rings. The Hall–Kier alpha value is -0.910. The molecule has 5 heteroatoms. The van der Waals surface area contributed by atoms with Crippen LogP contribution >= 0.6 is 0 Å². The largest absolute Gasteiger partial charge is 0.391 e. The first kappa shape index (κ1) is 14.5. The molecule has 0 spiro atoms. The summed E-state index contributed by atoms with van der Waals surface area (Å²) in [5.41, 5.74) is 1.12. The Morgan fingerprint density at radius 3 is 2.89 bits per heavy atom. The maximum absolute atomic E-state index is 10.5. The van der Waals surface area contributed by atoms with Gasteiger partial charge in [-0.25, -0.2) is 0 Å². The van der Waals surface area contributed by atoms with Gasteiger partial charge in [-0.15, -0.1) is 0 Å². The van der Waals surface area contributed by atoms with Crippen molar-refractivity contribution in [3.8, 4) is 0 Å². The second-order valence-corrected chi connectivity index (χ2v) is 5.64. The van der Waals surface area contributed by atoms with Crippen LogP contribution in [-0.4, -0.2) is 70.6 Å². The smallest absolute Gasteiger partial charge is 0.0749 e. The molecule has 2 rings (SSSR count). The summed E-state index contributed by atoms with van der Waals surface area (Å²) in [5, 5.41) is 14.8. The molecule has 5 nitrogen and oxygen atoms in total. The fourth-order valence-electron chi connectivity index (χ4n) is 2.78. The van der Waals surface area contributed by atoms with Crippen molar-refractivity contribution in [1.82, 2.24) is 19.6 Å². The van der Waals surface area contributed by atoms with Gasteiger partial charge in [0.2, 0.25) is 0 Å². The summed E-state index contributed by atoms with van der Waals surface area (Å²) in [5.74, 6) is 0. The summed E-state index contributed by atoms with van der Waals surface area (Å²) < 4.78 is 1.91. The molecule has 2 unspecified atom stereocenters. The predicted octanol–water partition coefficient (Wildman–Crippen LogP) is 0.442. The molecule has 1 aromatic rings. The molecule has 1 aliphatic heterocycles. The Morgan fingerprint density at radius 1 is 1.42 bits per heavy atom. The van der Waals surface area contributed by atoms with E-state index in [1.54, 1.807) is 0 Å². The van der Waals surface area contributed by atoms with E-state index in [1.807, 2.05) is 17.1 Å².